The molecule has 1 aromatic heterocycles. The molecule has 0 spiro atoms. The third-order valence-electron chi connectivity index (χ3n) is 3.79. The maximum atomic E-state index is 12.4. The van der Waals surface area contributed by atoms with Crippen molar-refractivity contribution in [2.45, 2.75) is 31.8 Å². The van der Waals surface area contributed by atoms with Crippen molar-refractivity contribution in [1.82, 2.24) is 9.78 Å². The van der Waals surface area contributed by atoms with E-state index >= 15 is 0 Å². The lowest BCUT2D eigenvalue weighted by Gasteiger charge is -2.21. The Morgan fingerprint density at radius 3 is 2.82 bits per heavy atom. The molecule has 0 saturated heterocycles. The topological polar surface area (TPSA) is 46.9 Å². The van der Waals surface area contributed by atoms with Gasteiger partial charge in [-0.25, -0.2) is 4.68 Å². The van der Waals surface area contributed by atoms with Gasteiger partial charge >= 0.3 is 0 Å². The molecule has 1 N–H and O–H groups in total. The van der Waals surface area contributed by atoms with Crippen molar-refractivity contribution < 1.29 is 0 Å². The van der Waals surface area contributed by atoms with E-state index in [9.17, 15) is 4.79 Å². The number of aromatic nitrogens is 2. The fraction of sp³-hybridized carbons (Fsp3) is 0.294. The van der Waals surface area contributed by atoms with Gasteiger partial charge in [-0.1, -0.05) is 54.1 Å². The number of benzene rings is 1. The maximum Gasteiger partial charge on any atom is 0.287 e. The van der Waals surface area contributed by atoms with Crippen molar-refractivity contribution in [3.8, 4) is 0 Å². The molecular formula is C17H18ClN3O. The van der Waals surface area contributed by atoms with Gasteiger partial charge < -0.3 is 5.32 Å². The summed E-state index contributed by atoms with van der Waals surface area (Å²) >= 11 is 6.23. The zero-order valence-electron chi connectivity index (χ0n) is 12.2. The molecule has 1 heterocycles. The van der Waals surface area contributed by atoms with E-state index in [-0.39, 0.29) is 10.6 Å². The van der Waals surface area contributed by atoms with Crippen LogP contribution >= 0.6 is 11.6 Å². The summed E-state index contributed by atoms with van der Waals surface area (Å²) in [4.78, 5) is 12.4. The highest BCUT2D eigenvalue weighted by Crippen LogP contribution is 2.21. The summed E-state index contributed by atoms with van der Waals surface area (Å²) in [5.74, 6) is 0. The normalized spacial score (nSPS) is 17.4. The number of hydrogen-bond acceptors (Lipinski definition) is 3. The van der Waals surface area contributed by atoms with Gasteiger partial charge in [0.25, 0.3) is 5.56 Å². The van der Waals surface area contributed by atoms with Crippen molar-refractivity contribution >= 4 is 17.3 Å². The van der Waals surface area contributed by atoms with Crippen LogP contribution in [-0.4, -0.2) is 15.8 Å². The van der Waals surface area contributed by atoms with Crippen molar-refractivity contribution in [3.63, 3.8) is 0 Å². The standard InChI is InChI=1S/C17H18ClN3O/c18-16-15(20-14-9-5-2-6-10-14)11-19-21(17(16)22)12-13-7-3-1-4-8-13/h1-5,7-8,11,14,20H,6,9-10,12H2. The van der Waals surface area contributed by atoms with Gasteiger partial charge in [0.1, 0.15) is 5.02 Å². The third-order valence-corrected chi connectivity index (χ3v) is 4.15. The summed E-state index contributed by atoms with van der Waals surface area (Å²) in [6, 6.07) is 10.1. The summed E-state index contributed by atoms with van der Waals surface area (Å²) in [7, 11) is 0. The Kier molecular flexibility index (Phi) is 4.59. The number of allylic oxidation sites excluding steroid dienone is 1. The van der Waals surface area contributed by atoms with Crippen LogP contribution in [-0.2, 0) is 6.54 Å². The number of halogens is 1. The average molecular weight is 316 g/mol. The average Bonchev–Trinajstić information content (AvgIpc) is 2.56. The summed E-state index contributed by atoms with van der Waals surface area (Å²) < 4.78 is 1.39. The molecule has 0 saturated carbocycles. The van der Waals surface area contributed by atoms with Gasteiger partial charge in [-0.15, -0.1) is 0 Å². The molecule has 2 aromatic rings. The van der Waals surface area contributed by atoms with Gasteiger partial charge in [0.05, 0.1) is 18.4 Å². The molecule has 1 aliphatic rings. The first kappa shape index (κ1) is 14.9. The van der Waals surface area contributed by atoms with Gasteiger partial charge in [0, 0.05) is 6.04 Å². The minimum Gasteiger partial charge on any atom is -0.379 e. The number of nitrogens with zero attached hydrogens (tertiary/aromatic N) is 2. The summed E-state index contributed by atoms with van der Waals surface area (Å²) in [6.45, 7) is 0.422. The van der Waals surface area contributed by atoms with E-state index in [1.165, 1.54) is 4.68 Å². The monoisotopic (exact) mass is 315 g/mol. The molecule has 22 heavy (non-hydrogen) atoms. The first-order chi connectivity index (χ1) is 10.7. The minimum atomic E-state index is -0.262. The smallest absolute Gasteiger partial charge is 0.287 e. The lowest BCUT2D eigenvalue weighted by Crippen LogP contribution is -2.27. The second-order valence-corrected chi connectivity index (χ2v) is 5.82. The van der Waals surface area contributed by atoms with Gasteiger partial charge in [0.15, 0.2) is 0 Å². The van der Waals surface area contributed by atoms with Crippen LogP contribution in [0.1, 0.15) is 24.8 Å². The number of hydrogen-bond donors (Lipinski definition) is 1. The lowest BCUT2D eigenvalue weighted by molar-refractivity contribution is 0.627. The highest BCUT2D eigenvalue weighted by molar-refractivity contribution is 6.32. The number of anilines is 1. The maximum absolute atomic E-state index is 12.4. The first-order valence-electron chi connectivity index (χ1n) is 7.45. The van der Waals surface area contributed by atoms with E-state index in [0.29, 0.717) is 18.3 Å². The fourth-order valence-electron chi connectivity index (χ4n) is 2.58. The zero-order valence-corrected chi connectivity index (χ0v) is 13.0. The predicted octanol–water partition coefficient (Wildman–Crippen LogP) is 3.47. The summed E-state index contributed by atoms with van der Waals surface area (Å²) in [5, 5.41) is 7.77. The second-order valence-electron chi connectivity index (χ2n) is 5.45. The van der Waals surface area contributed by atoms with Crippen LogP contribution in [0.15, 0.2) is 53.5 Å². The molecule has 4 nitrogen and oxygen atoms in total. The van der Waals surface area contributed by atoms with Gasteiger partial charge in [-0.3, -0.25) is 4.79 Å². The molecule has 3 rings (SSSR count). The molecule has 1 aliphatic carbocycles. The van der Waals surface area contributed by atoms with Gasteiger partial charge in [-0.2, -0.15) is 5.10 Å². The molecule has 0 radical (unpaired) electrons. The Hall–Kier alpha value is -2.07. The summed E-state index contributed by atoms with van der Waals surface area (Å²) in [5.41, 5.74) is 1.38. The number of nitrogens with one attached hydrogen (secondary N) is 1. The van der Waals surface area contributed by atoms with Crippen LogP contribution in [0.3, 0.4) is 0 Å². The largest absolute Gasteiger partial charge is 0.379 e. The molecule has 1 unspecified atom stereocenters. The van der Waals surface area contributed by atoms with E-state index < -0.39 is 0 Å². The quantitative estimate of drug-likeness (QED) is 0.879. The molecule has 1 atom stereocenters. The lowest BCUT2D eigenvalue weighted by atomic mass is 10.0. The van der Waals surface area contributed by atoms with Crippen LogP contribution in [0.5, 0.6) is 0 Å². The van der Waals surface area contributed by atoms with Crippen LogP contribution in [0.2, 0.25) is 5.02 Å². The Balaban J connectivity index is 1.79. The van der Waals surface area contributed by atoms with E-state index in [1.807, 2.05) is 30.3 Å². The van der Waals surface area contributed by atoms with Crippen molar-refractivity contribution in [1.29, 1.82) is 0 Å². The van der Waals surface area contributed by atoms with Crippen LogP contribution in [0.4, 0.5) is 5.69 Å². The fourth-order valence-corrected chi connectivity index (χ4v) is 2.78. The molecule has 114 valence electrons. The second kappa shape index (κ2) is 6.79. The van der Waals surface area contributed by atoms with Crippen LogP contribution in [0.25, 0.3) is 0 Å². The molecule has 0 amide bonds. The van der Waals surface area contributed by atoms with Crippen LogP contribution in [0, 0.1) is 0 Å². The van der Waals surface area contributed by atoms with E-state index in [0.717, 1.165) is 24.8 Å². The Bertz CT molecular complexity index is 724. The Morgan fingerprint density at radius 1 is 1.27 bits per heavy atom. The molecule has 0 fully saturated rings. The van der Waals surface area contributed by atoms with Crippen molar-refractivity contribution in [2.24, 2.45) is 0 Å². The Labute approximate surface area is 134 Å². The van der Waals surface area contributed by atoms with Crippen molar-refractivity contribution in [2.75, 3.05) is 5.32 Å². The van der Waals surface area contributed by atoms with Gasteiger partial charge in [0.2, 0.25) is 0 Å². The molecule has 5 heteroatoms. The summed E-state index contributed by atoms with van der Waals surface area (Å²) in [6.07, 6.45) is 9.01. The molecule has 0 aliphatic heterocycles. The Morgan fingerprint density at radius 2 is 2.09 bits per heavy atom. The zero-order chi connectivity index (χ0) is 15.4. The van der Waals surface area contributed by atoms with Crippen molar-refractivity contribution in [3.05, 3.63) is 69.6 Å². The van der Waals surface area contributed by atoms with Crippen LogP contribution < -0.4 is 10.9 Å². The highest BCUT2D eigenvalue weighted by Gasteiger charge is 2.14. The number of rotatable bonds is 4. The molecule has 0 bridgehead atoms. The third kappa shape index (κ3) is 3.39. The van der Waals surface area contributed by atoms with E-state index in [1.54, 1.807) is 6.20 Å². The van der Waals surface area contributed by atoms with E-state index in [4.69, 9.17) is 11.6 Å². The predicted molar refractivity (Wildman–Crippen MR) is 89.5 cm³/mol. The van der Waals surface area contributed by atoms with E-state index in [2.05, 4.69) is 22.6 Å². The SMILES string of the molecule is O=c1c(Cl)c(NC2CC=CCC2)cnn1Cc1ccccc1. The highest BCUT2D eigenvalue weighted by atomic mass is 35.5. The minimum absolute atomic E-state index is 0.209. The molecular weight excluding hydrogens is 298 g/mol. The first-order valence-corrected chi connectivity index (χ1v) is 7.83. The van der Waals surface area contributed by atoms with Gasteiger partial charge in [-0.05, 0) is 24.8 Å². The molecule has 1 aromatic carbocycles.